The summed E-state index contributed by atoms with van der Waals surface area (Å²) in [5.74, 6) is -0.0359. The Morgan fingerprint density at radius 1 is 1.36 bits per heavy atom. The van der Waals surface area contributed by atoms with Crippen molar-refractivity contribution in [2.45, 2.75) is 18.3 Å². The molecule has 0 heterocycles. The van der Waals surface area contributed by atoms with Crippen LogP contribution >= 0.6 is 0 Å². The van der Waals surface area contributed by atoms with Crippen LogP contribution in [0.1, 0.15) is 18.4 Å². The fraction of sp³-hybridized carbons (Fsp3) is 0.364. The van der Waals surface area contributed by atoms with Crippen molar-refractivity contribution in [3.63, 3.8) is 0 Å². The highest BCUT2D eigenvalue weighted by molar-refractivity contribution is 5.90. The molecule has 0 unspecified atom stereocenters. The van der Waals surface area contributed by atoms with E-state index < -0.39 is 0 Å². The molecule has 1 amide bonds. The maximum absolute atomic E-state index is 11.7. The summed E-state index contributed by atoms with van der Waals surface area (Å²) in [4.78, 5) is 16.3. The Balaban J connectivity index is 2.21. The molecule has 0 atom stereocenters. The van der Waals surface area contributed by atoms with Crippen LogP contribution in [0.15, 0.2) is 30.3 Å². The Labute approximate surface area is 83.0 Å². The van der Waals surface area contributed by atoms with Gasteiger partial charge in [-0.3, -0.25) is 9.63 Å². The van der Waals surface area contributed by atoms with Crippen LogP contribution < -0.4 is 5.48 Å². The van der Waals surface area contributed by atoms with Crippen LogP contribution in [0.4, 0.5) is 0 Å². The molecule has 1 aliphatic carbocycles. The molecule has 0 spiro atoms. The first-order chi connectivity index (χ1) is 6.79. The maximum atomic E-state index is 11.7. The highest BCUT2D eigenvalue weighted by Gasteiger charge is 2.51. The lowest BCUT2D eigenvalue weighted by Crippen LogP contribution is -2.33. The lowest BCUT2D eigenvalue weighted by molar-refractivity contribution is -0.134. The molecule has 0 aromatic heterocycles. The van der Waals surface area contributed by atoms with Crippen molar-refractivity contribution in [1.82, 2.24) is 5.48 Å². The minimum absolute atomic E-state index is 0.0359. The van der Waals surface area contributed by atoms with Gasteiger partial charge in [-0.1, -0.05) is 30.3 Å². The molecule has 14 heavy (non-hydrogen) atoms. The Kier molecular flexibility index (Phi) is 2.25. The second-order valence-corrected chi connectivity index (χ2v) is 3.58. The third-order valence-electron chi connectivity index (χ3n) is 2.71. The standard InChI is InChI=1S/C11H13NO2/c1-14-12-10(13)11(7-8-11)9-5-3-2-4-6-9/h2-6H,7-8H2,1H3,(H,12,13). The van der Waals surface area contributed by atoms with Crippen LogP contribution in [0.3, 0.4) is 0 Å². The van der Waals surface area contributed by atoms with E-state index >= 15 is 0 Å². The van der Waals surface area contributed by atoms with Gasteiger partial charge in [0.1, 0.15) is 0 Å². The highest BCUT2D eigenvalue weighted by atomic mass is 16.6. The average Bonchev–Trinajstić information content (AvgIpc) is 3.00. The molecule has 1 aliphatic rings. The summed E-state index contributed by atoms with van der Waals surface area (Å²) in [7, 11) is 1.46. The van der Waals surface area contributed by atoms with Crippen molar-refractivity contribution >= 4 is 5.91 Å². The molecule has 1 aromatic rings. The van der Waals surface area contributed by atoms with Crippen LogP contribution in [0.5, 0.6) is 0 Å². The zero-order valence-corrected chi connectivity index (χ0v) is 8.12. The zero-order valence-electron chi connectivity index (χ0n) is 8.12. The number of benzene rings is 1. The van der Waals surface area contributed by atoms with E-state index in [1.807, 2.05) is 30.3 Å². The van der Waals surface area contributed by atoms with Gasteiger partial charge >= 0.3 is 0 Å². The van der Waals surface area contributed by atoms with Gasteiger partial charge in [0.25, 0.3) is 5.91 Å². The molecule has 0 aliphatic heterocycles. The number of hydrogen-bond acceptors (Lipinski definition) is 2. The summed E-state index contributed by atoms with van der Waals surface area (Å²) < 4.78 is 0. The van der Waals surface area contributed by atoms with Crippen LogP contribution in [-0.2, 0) is 15.0 Å². The van der Waals surface area contributed by atoms with Gasteiger partial charge in [0.15, 0.2) is 0 Å². The van der Waals surface area contributed by atoms with Crippen LogP contribution in [-0.4, -0.2) is 13.0 Å². The van der Waals surface area contributed by atoms with E-state index in [1.165, 1.54) is 7.11 Å². The Bertz CT molecular complexity index is 330. The van der Waals surface area contributed by atoms with E-state index in [0.717, 1.165) is 18.4 Å². The number of hydroxylamine groups is 1. The predicted octanol–water partition coefficient (Wildman–Crippen LogP) is 1.40. The number of nitrogens with one attached hydrogen (secondary N) is 1. The number of hydrogen-bond donors (Lipinski definition) is 1. The van der Waals surface area contributed by atoms with Gasteiger partial charge in [0.2, 0.25) is 0 Å². The van der Waals surface area contributed by atoms with Crippen LogP contribution in [0.25, 0.3) is 0 Å². The van der Waals surface area contributed by atoms with E-state index in [2.05, 4.69) is 10.3 Å². The largest absolute Gasteiger partial charge is 0.277 e. The first-order valence-corrected chi connectivity index (χ1v) is 4.68. The number of amides is 1. The molecule has 0 bridgehead atoms. The Hall–Kier alpha value is -1.35. The third kappa shape index (κ3) is 1.40. The summed E-state index contributed by atoms with van der Waals surface area (Å²) in [5, 5.41) is 0. The smallest absolute Gasteiger partial charge is 0.254 e. The molecule has 74 valence electrons. The van der Waals surface area contributed by atoms with E-state index in [0.29, 0.717) is 0 Å². The monoisotopic (exact) mass is 191 g/mol. The lowest BCUT2D eigenvalue weighted by Gasteiger charge is -2.13. The number of rotatable bonds is 3. The molecule has 1 N–H and O–H groups in total. The minimum atomic E-state index is -0.322. The van der Waals surface area contributed by atoms with E-state index in [1.54, 1.807) is 0 Å². The molecule has 2 rings (SSSR count). The van der Waals surface area contributed by atoms with Crippen molar-refractivity contribution < 1.29 is 9.63 Å². The van der Waals surface area contributed by atoms with Crippen LogP contribution in [0, 0.1) is 0 Å². The molecule has 1 aromatic carbocycles. The predicted molar refractivity (Wildman–Crippen MR) is 52.5 cm³/mol. The van der Waals surface area contributed by atoms with Gasteiger partial charge in [-0.2, -0.15) is 0 Å². The fourth-order valence-electron chi connectivity index (χ4n) is 1.72. The molecule has 1 saturated carbocycles. The summed E-state index contributed by atoms with van der Waals surface area (Å²) >= 11 is 0. The fourth-order valence-corrected chi connectivity index (χ4v) is 1.72. The number of carbonyl (C=O) groups excluding carboxylic acids is 1. The van der Waals surface area contributed by atoms with Gasteiger partial charge in [0.05, 0.1) is 12.5 Å². The Morgan fingerprint density at radius 2 is 2.00 bits per heavy atom. The second-order valence-electron chi connectivity index (χ2n) is 3.58. The average molecular weight is 191 g/mol. The molecular formula is C11H13NO2. The van der Waals surface area contributed by atoms with Gasteiger partial charge < -0.3 is 0 Å². The second kappa shape index (κ2) is 3.42. The molecule has 1 fully saturated rings. The summed E-state index contributed by atoms with van der Waals surface area (Å²) in [5.41, 5.74) is 3.16. The molecule has 0 radical (unpaired) electrons. The van der Waals surface area contributed by atoms with Crippen molar-refractivity contribution in [2.24, 2.45) is 0 Å². The van der Waals surface area contributed by atoms with Gasteiger partial charge in [-0.15, -0.1) is 0 Å². The van der Waals surface area contributed by atoms with Gasteiger partial charge in [0, 0.05) is 0 Å². The third-order valence-corrected chi connectivity index (χ3v) is 2.71. The van der Waals surface area contributed by atoms with Gasteiger partial charge in [-0.25, -0.2) is 5.48 Å². The SMILES string of the molecule is CONC(=O)C1(c2ccccc2)CC1. The topological polar surface area (TPSA) is 38.3 Å². The molecular weight excluding hydrogens is 178 g/mol. The van der Waals surface area contributed by atoms with E-state index in [4.69, 9.17) is 0 Å². The maximum Gasteiger partial charge on any atom is 0.254 e. The molecule has 0 saturated heterocycles. The van der Waals surface area contributed by atoms with Crippen molar-refractivity contribution in [2.75, 3.05) is 7.11 Å². The van der Waals surface area contributed by atoms with Gasteiger partial charge in [-0.05, 0) is 18.4 Å². The van der Waals surface area contributed by atoms with Crippen molar-refractivity contribution in [3.8, 4) is 0 Å². The molecule has 3 nitrogen and oxygen atoms in total. The normalized spacial score (nSPS) is 17.5. The summed E-state index contributed by atoms with van der Waals surface area (Å²) in [6.45, 7) is 0. The van der Waals surface area contributed by atoms with E-state index in [9.17, 15) is 4.79 Å². The summed E-state index contributed by atoms with van der Waals surface area (Å²) in [6.07, 6.45) is 1.82. The Morgan fingerprint density at radius 3 is 2.50 bits per heavy atom. The van der Waals surface area contributed by atoms with E-state index in [-0.39, 0.29) is 11.3 Å². The first-order valence-electron chi connectivity index (χ1n) is 4.68. The molecule has 3 heteroatoms. The summed E-state index contributed by atoms with van der Waals surface area (Å²) in [6, 6.07) is 9.84. The van der Waals surface area contributed by atoms with Crippen molar-refractivity contribution in [1.29, 1.82) is 0 Å². The van der Waals surface area contributed by atoms with Crippen molar-refractivity contribution in [3.05, 3.63) is 35.9 Å². The minimum Gasteiger partial charge on any atom is -0.277 e. The number of carbonyl (C=O) groups is 1. The quantitative estimate of drug-likeness (QED) is 0.733. The highest BCUT2D eigenvalue weighted by Crippen LogP contribution is 2.48. The first kappa shape index (κ1) is 9.21. The lowest BCUT2D eigenvalue weighted by atomic mass is 9.95. The van der Waals surface area contributed by atoms with Crippen LogP contribution in [0.2, 0.25) is 0 Å². The zero-order chi connectivity index (χ0) is 10.0.